The van der Waals surface area contributed by atoms with E-state index in [1.165, 1.54) is 18.3 Å². The summed E-state index contributed by atoms with van der Waals surface area (Å²) >= 11 is 0. The maximum atomic E-state index is 13.8. The summed E-state index contributed by atoms with van der Waals surface area (Å²) in [5.74, 6) is -4.18. The molecule has 144 valence electrons. The van der Waals surface area contributed by atoms with Gasteiger partial charge in [0.1, 0.15) is 11.6 Å². The van der Waals surface area contributed by atoms with Crippen molar-refractivity contribution in [3.8, 4) is 5.75 Å². The van der Waals surface area contributed by atoms with Gasteiger partial charge in [0.25, 0.3) is 5.91 Å². The number of nitrogens with one attached hydrogen (secondary N) is 2. The van der Waals surface area contributed by atoms with Crippen molar-refractivity contribution in [3.63, 3.8) is 0 Å². The molecule has 2 N–H and O–H groups in total. The Bertz CT molecular complexity index is 1010. The van der Waals surface area contributed by atoms with Crippen molar-refractivity contribution in [3.05, 3.63) is 77.7 Å². The molecular formula is C20H16F3N3O2. The van der Waals surface area contributed by atoms with Crippen LogP contribution in [0.1, 0.15) is 17.3 Å². The minimum absolute atomic E-state index is 0.149. The highest BCUT2D eigenvalue weighted by Gasteiger charge is 2.16. The van der Waals surface area contributed by atoms with Gasteiger partial charge in [-0.1, -0.05) is 12.1 Å². The summed E-state index contributed by atoms with van der Waals surface area (Å²) in [6.45, 7) is 2.34. The molecule has 1 heterocycles. The van der Waals surface area contributed by atoms with E-state index >= 15 is 0 Å². The second-order valence-corrected chi connectivity index (χ2v) is 5.66. The SMILES string of the molecule is CCOc1ccccc1Nc1cc(C(=O)Nc2ccc(F)c(F)c2F)ccn1. The van der Waals surface area contributed by atoms with Crippen molar-refractivity contribution in [2.75, 3.05) is 17.2 Å². The van der Waals surface area contributed by atoms with Crippen LogP contribution < -0.4 is 15.4 Å². The molecule has 0 aliphatic heterocycles. The first-order valence-corrected chi connectivity index (χ1v) is 8.39. The van der Waals surface area contributed by atoms with Crippen LogP contribution >= 0.6 is 0 Å². The minimum Gasteiger partial charge on any atom is -0.492 e. The summed E-state index contributed by atoms with van der Waals surface area (Å²) in [6.07, 6.45) is 1.39. The molecule has 0 aliphatic rings. The Morgan fingerprint density at radius 1 is 1.04 bits per heavy atom. The maximum absolute atomic E-state index is 13.8. The number of amides is 1. The van der Waals surface area contributed by atoms with Gasteiger partial charge in [0.15, 0.2) is 17.5 Å². The van der Waals surface area contributed by atoms with Crippen LogP contribution in [0.4, 0.5) is 30.4 Å². The van der Waals surface area contributed by atoms with Gasteiger partial charge in [0.05, 0.1) is 18.0 Å². The zero-order valence-corrected chi connectivity index (χ0v) is 14.8. The van der Waals surface area contributed by atoms with E-state index in [1.807, 2.05) is 19.1 Å². The van der Waals surface area contributed by atoms with Crippen LogP contribution in [0.3, 0.4) is 0 Å². The van der Waals surface area contributed by atoms with E-state index in [2.05, 4.69) is 15.6 Å². The van der Waals surface area contributed by atoms with E-state index < -0.39 is 29.0 Å². The molecule has 1 amide bonds. The van der Waals surface area contributed by atoms with E-state index in [9.17, 15) is 18.0 Å². The average molecular weight is 387 g/mol. The molecule has 8 heteroatoms. The molecule has 28 heavy (non-hydrogen) atoms. The van der Waals surface area contributed by atoms with E-state index in [0.717, 1.165) is 12.1 Å². The van der Waals surface area contributed by atoms with Crippen LogP contribution in [-0.2, 0) is 0 Å². The Morgan fingerprint density at radius 2 is 1.82 bits per heavy atom. The van der Waals surface area contributed by atoms with Crippen molar-refractivity contribution >= 4 is 23.1 Å². The molecule has 3 rings (SSSR count). The quantitative estimate of drug-likeness (QED) is 0.591. The zero-order valence-electron chi connectivity index (χ0n) is 14.8. The molecule has 0 bridgehead atoms. The van der Waals surface area contributed by atoms with Gasteiger partial charge < -0.3 is 15.4 Å². The van der Waals surface area contributed by atoms with E-state index in [1.54, 1.807) is 12.1 Å². The molecule has 0 radical (unpaired) electrons. The van der Waals surface area contributed by atoms with Crippen molar-refractivity contribution in [2.45, 2.75) is 6.92 Å². The molecule has 5 nitrogen and oxygen atoms in total. The first kappa shape index (κ1) is 19.2. The van der Waals surface area contributed by atoms with Gasteiger partial charge in [-0.2, -0.15) is 0 Å². The predicted octanol–water partition coefficient (Wildman–Crippen LogP) is 4.89. The fourth-order valence-electron chi connectivity index (χ4n) is 2.45. The van der Waals surface area contributed by atoms with Crippen LogP contribution in [0.15, 0.2) is 54.7 Å². The summed E-state index contributed by atoms with van der Waals surface area (Å²) in [7, 11) is 0. The molecule has 3 aromatic rings. The van der Waals surface area contributed by atoms with E-state index in [4.69, 9.17) is 4.74 Å². The Morgan fingerprint density at radius 3 is 2.61 bits per heavy atom. The number of benzene rings is 2. The Balaban J connectivity index is 1.80. The summed E-state index contributed by atoms with van der Waals surface area (Å²) in [5, 5.41) is 5.26. The van der Waals surface area contributed by atoms with Crippen molar-refractivity contribution in [1.29, 1.82) is 0 Å². The summed E-state index contributed by atoms with van der Waals surface area (Å²) < 4.78 is 45.6. The molecular weight excluding hydrogens is 371 g/mol. The number of hydrogen-bond donors (Lipinski definition) is 2. The number of ether oxygens (including phenoxy) is 1. The summed E-state index contributed by atoms with van der Waals surface area (Å²) in [5.41, 5.74) is 0.341. The lowest BCUT2D eigenvalue weighted by Crippen LogP contribution is -2.14. The number of carbonyl (C=O) groups is 1. The molecule has 0 aliphatic carbocycles. The van der Waals surface area contributed by atoms with Gasteiger partial charge in [-0.25, -0.2) is 18.2 Å². The van der Waals surface area contributed by atoms with Gasteiger partial charge in [0.2, 0.25) is 0 Å². The number of rotatable bonds is 6. The third kappa shape index (κ3) is 4.22. The van der Waals surface area contributed by atoms with Crippen LogP contribution in [-0.4, -0.2) is 17.5 Å². The molecule has 0 fully saturated rings. The van der Waals surface area contributed by atoms with Crippen LogP contribution in [0.5, 0.6) is 5.75 Å². The second kappa shape index (κ2) is 8.43. The smallest absolute Gasteiger partial charge is 0.255 e. The van der Waals surface area contributed by atoms with Crippen molar-refractivity contribution in [1.82, 2.24) is 4.98 Å². The lowest BCUT2D eigenvalue weighted by Gasteiger charge is -2.12. The lowest BCUT2D eigenvalue weighted by molar-refractivity contribution is 0.102. The van der Waals surface area contributed by atoms with Gasteiger partial charge in [0, 0.05) is 11.8 Å². The highest BCUT2D eigenvalue weighted by Crippen LogP contribution is 2.27. The third-order valence-corrected chi connectivity index (χ3v) is 3.76. The zero-order chi connectivity index (χ0) is 20.1. The Hall–Kier alpha value is -3.55. The number of anilines is 3. The highest BCUT2D eigenvalue weighted by molar-refractivity contribution is 6.04. The molecule has 0 saturated heterocycles. The summed E-state index contributed by atoms with van der Waals surface area (Å²) in [6, 6.07) is 11.7. The normalized spacial score (nSPS) is 10.4. The highest BCUT2D eigenvalue weighted by atomic mass is 19.2. The molecule has 1 aromatic heterocycles. The molecule has 0 spiro atoms. The second-order valence-electron chi connectivity index (χ2n) is 5.66. The number of pyridine rings is 1. The maximum Gasteiger partial charge on any atom is 0.255 e. The van der Waals surface area contributed by atoms with Gasteiger partial charge in [-0.15, -0.1) is 0 Å². The Labute approximate surface area is 159 Å². The molecule has 0 saturated carbocycles. The number of hydrogen-bond acceptors (Lipinski definition) is 4. The average Bonchev–Trinajstić information content (AvgIpc) is 2.70. The molecule has 2 aromatic carbocycles. The van der Waals surface area contributed by atoms with Gasteiger partial charge in [-0.3, -0.25) is 4.79 Å². The first-order chi connectivity index (χ1) is 13.5. The summed E-state index contributed by atoms with van der Waals surface area (Å²) in [4.78, 5) is 16.5. The van der Waals surface area contributed by atoms with Crippen LogP contribution in [0.2, 0.25) is 0 Å². The van der Waals surface area contributed by atoms with Crippen LogP contribution in [0, 0.1) is 17.5 Å². The largest absolute Gasteiger partial charge is 0.492 e. The van der Waals surface area contributed by atoms with Gasteiger partial charge in [-0.05, 0) is 43.3 Å². The monoisotopic (exact) mass is 387 g/mol. The lowest BCUT2D eigenvalue weighted by atomic mass is 10.2. The first-order valence-electron chi connectivity index (χ1n) is 8.39. The molecule has 0 atom stereocenters. The van der Waals surface area contributed by atoms with E-state index in [0.29, 0.717) is 23.9 Å². The number of carbonyl (C=O) groups excluding carboxylic acids is 1. The topological polar surface area (TPSA) is 63.2 Å². The molecule has 0 unspecified atom stereocenters. The minimum atomic E-state index is -1.65. The number of para-hydroxylation sites is 2. The fourth-order valence-corrected chi connectivity index (χ4v) is 2.45. The van der Waals surface area contributed by atoms with Crippen molar-refractivity contribution < 1.29 is 22.7 Å². The van der Waals surface area contributed by atoms with Crippen molar-refractivity contribution in [2.24, 2.45) is 0 Å². The third-order valence-electron chi connectivity index (χ3n) is 3.76. The fraction of sp³-hybridized carbons (Fsp3) is 0.100. The Kier molecular flexibility index (Phi) is 5.78. The number of halogens is 3. The predicted molar refractivity (Wildman–Crippen MR) is 99.4 cm³/mol. The number of nitrogens with zero attached hydrogens (tertiary/aromatic N) is 1. The van der Waals surface area contributed by atoms with E-state index in [-0.39, 0.29) is 5.56 Å². The van der Waals surface area contributed by atoms with Gasteiger partial charge >= 0.3 is 0 Å². The standard InChI is InChI=1S/C20H16F3N3O2/c1-2-28-16-6-4-3-5-14(16)25-17-11-12(9-10-24-17)20(27)26-15-8-7-13(21)18(22)19(15)23/h3-11H,2H2,1H3,(H,24,25)(H,26,27). The van der Waals surface area contributed by atoms with Crippen LogP contribution in [0.25, 0.3) is 0 Å². The number of aromatic nitrogens is 1.